The van der Waals surface area contributed by atoms with Crippen molar-refractivity contribution in [2.75, 3.05) is 0 Å². The van der Waals surface area contributed by atoms with Crippen LogP contribution in [0.1, 0.15) is 0 Å². The van der Waals surface area contributed by atoms with Gasteiger partial charge in [0.1, 0.15) is 0 Å². The maximum atomic E-state index is 5.16. The summed E-state index contributed by atoms with van der Waals surface area (Å²) in [6, 6.07) is 57.0. The average molecular weight is 562 g/mol. The van der Waals surface area contributed by atoms with Crippen LogP contribution in [-0.2, 0) is 0 Å². The zero-order valence-corrected chi connectivity index (χ0v) is 23.9. The topological polar surface area (TPSA) is 38.7 Å². The second-order valence-corrected chi connectivity index (χ2v) is 10.9. The Balaban J connectivity index is 1.35. The Morgan fingerprint density at radius 2 is 0.773 bits per heavy atom. The second kappa shape index (κ2) is 11.0. The van der Waals surface area contributed by atoms with E-state index in [0.717, 1.165) is 38.6 Å². The fourth-order valence-electron chi connectivity index (χ4n) is 5.92. The number of rotatable bonds is 5. The van der Waals surface area contributed by atoms with Crippen molar-refractivity contribution in [3.8, 4) is 56.4 Å². The number of benzene rings is 7. The van der Waals surface area contributed by atoms with Crippen LogP contribution < -0.4 is 0 Å². The number of fused-ring (bicyclic) bond motifs is 2. The van der Waals surface area contributed by atoms with Crippen molar-refractivity contribution in [1.82, 2.24) is 15.0 Å². The summed E-state index contributed by atoms with van der Waals surface area (Å²) in [4.78, 5) is 15.3. The van der Waals surface area contributed by atoms with Gasteiger partial charge < -0.3 is 0 Å². The quantitative estimate of drug-likeness (QED) is 0.210. The van der Waals surface area contributed by atoms with E-state index >= 15 is 0 Å². The van der Waals surface area contributed by atoms with Gasteiger partial charge in [-0.05, 0) is 62.0 Å². The van der Waals surface area contributed by atoms with Gasteiger partial charge in [0.15, 0.2) is 17.5 Å². The molecule has 3 heteroatoms. The Morgan fingerprint density at radius 3 is 1.43 bits per heavy atom. The molecule has 7 aromatic carbocycles. The molecule has 0 amide bonds. The molecule has 0 saturated carbocycles. The summed E-state index contributed by atoms with van der Waals surface area (Å²) in [6.07, 6.45) is 0. The third kappa shape index (κ3) is 4.81. The number of hydrogen-bond donors (Lipinski definition) is 0. The van der Waals surface area contributed by atoms with E-state index in [1.807, 2.05) is 42.5 Å². The summed E-state index contributed by atoms with van der Waals surface area (Å²) in [7, 11) is 0. The van der Waals surface area contributed by atoms with E-state index in [-0.39, 0.29) is 0 Å². The van der Waals surface area contributed by atoms with Crippen molar-refractivity contribution in [3.63, 3.8) is 0 Å². The summed E-state index contributed by atoms with van der Waals surface area (Å²) < 4.78 is 0. The molecule has 206 valence electrons. The molecular weight excluding hydrogens is 534 g/mol. The summed E-state index contributed by atoms with van der Waals surface area (Å²) in [5.74, 6) is 1.94. The standard InChI is InChI=1S/C41H27N3/c1-4-13-28(14-5-1)35-22-12-21-33-25-34(23-24-36(33)35)40-42-39(30-17-8-3-9-18-30)43-41(44-40)38-27-32-20-11-10-19-31(32)26-37(38)29-15-6-2-7-16-29/h1-27H. The highest BCUT2D eigenvalue weighted by Crippen LogP contribution is 2.37. The van der Waals surface area contributed by atoms with Crippen LogP contribution in [0.25, 0.3) is 78.0 Å². The first-order valence-corrected chi connectivity index (χ1v) is 14.8. The molecule has 1 heterocycles. The molecule has 1 aromatic heterocycles. The third-order valence-electron chi connectivity index (χ3n) is 8.10. The molecule has 0 fully saturated rings. The SMILES string of the molecule is c1ccc(-c2nc(-c3ccc4c(-c5ccccc5)cccc4c3)nc(-c3cc4ccccc4cc3-c3ccccc3)n2)cc1. The maximum Gasteiger partial charge on any atom is 0.164 e. The van der Waals surface area contributed by atoms with Gasteiger partial charge in [-0.3, -0.25) is 0 Å². The van der Waals surface area contributed by atoms with E-state index < -0.39 is 0 Å². The minimum absolute atomic E-state index is 0.646. The molecule has 0 saturated heterocycles. The molecule has 8 rings (SSSR count). The number of aromatic nitrogens is 3. The van der Waals surface area contributed by atoms with Gasteiger partial charge >= 0.3 is 0 Å². The van der Waals surface area contributed by atoms with E-state index in [4.69, 9.17) is 15.0 Å². The molecule has 0 atom stereocenters. The van der Waals surface area contributed by atoms with Crippen molar-refractivity contribution < 1.29 is 0 Å². The lowest BCUT2D eigenvalue weighted by atomic mass is 9.95. The molecule has 0 bridgehead atoms. The van der Waals surface area contributed by atoms with Gasteiger partial charge in [-0.1, -0.05) is 146 Å². The van der Waals surface area contributed by atoms with Gasteiger partial charge in [-0.2, -0.15) is 0 Å². The van der Waals surface area contributed by atoms with Crippen LogP contribution in [0, 0.1) is 0 Å². The second-order valence-electron chi connectivity index (χ2n) is 10.9. The predicted molar refractivity (Wildman–Crippen MR) is 182 cm³/mol. The van der Waals surface area contributed by atoms with Crippen LogP contribution in [-0.4, -0.2) is 15.0 Å². The monoisotopic (exact) mass is 561 g/mol. The fraction of sp³-hybridized carbons (Fsp3) is 0. The summed E-state index contributed by atoms with van der Waals surface area (Å²) in [5.41, 5.74) is 7.49. The van der Waals surface area contributed by atoms with Crippen molar-refractivity contribution in [3.05, 3.63) is 164 Å². The first-order chi connectivity index (χ1) is 21.8. The third-order valence-corrected chi connectivity index (χ3v) is 8.10. The highest BCUT2D eigenvalue weighted by Gasteiger charge is 2.17. The van der Waals surface area contributed by atoms with E-state index in [2.05, 4.69) is 121 Å². The minimum Gasteiger partial charge on any atom is -0.208 e. The Morgan fingerprint density at radius 1 is 0.273 bits per heavy atom. The molecule has 0 aliphatic carbocycles. The summed E-state index contributed by atoms with van der Waals surface area (Å²) in [6.45, 7) is 0. The van der Waals surface area contributed by atoms with Crippen molar-refractivity contribution >= 4 is 21.5 Å². The fourth-order valence-corrected chi connectivity index (χ4v) is 5.92. The zero-order chi connectivity index (χ0) is 29.3. The molecule has 3 nitrogen and oxygen atoms in total. The van der Waals surface area contributed by atoms with Gasteiger partial charge in [0.25, 0.3) is 0 Å². The molecule has 8 aromatic rings. The zero-order valence-electron chi connectivity index (χ0n) is 23.9. The van der Waals surface area contributed by atoms with Crippen molar-refractivity contribution in [2.45, 2.75) is 0 Å². The molecule has 0 unspecified atom stereocenters. The number of hydrogen-bond acceptors (Lipinski definition) is 3. The maximum absolute atomic E-state index is 5.16. The molecule has 0 N–H and O–H groups in total. The lowest BCUT2D eigenvalue weighted by Gasteiger charge is -2.14. The smallest absolute Gasteiger partial charge is 0.164 e. The molecule has 0 spiro atoms. The van der Waals surface area contributed by atoms with Gasteiger partial charge in [-0.15, -0.1) is 0 Å². The van der Waals surface area contributed by atoms with Gasteiger partial charge in [0.05, 0.1) is 0 Å². The van der Waals surface area contributed by atoms with Crippen LogP contribution in [0.3, 0.4) is 0 Å². The molecular formula is C41H27N3. The Hall–Kier alpha value is -5.93. The minimum atomic E-state index is 0.646. The Kier molecular flexibility index (Phi) is 6.47. The van der Waals surface area contributed by atoms with E-state index in [1.165, 1.54) is 21.9 Å². The first kappa shape index (κ1) is 25.8. The van der Waals surface area contributed by atoms with Crippen LogP contribution in [0.5, 0.6) is 0 Å². The largest absolute Gasteiger partial charge is 0.208 e. The molecule has 44 heavy (non-hydrogen) atoms. The molecule has 0 aliphatic heterocycles. The number of nitrogens with zero attached hydrogens (tertiary/aromatic N) is 3. The van der Waals surface area contributed by atoms with Crippen LogP contribution >= 0.6 is 0 Å². The Labute approximate surface area is 256 Å². The predicted octanol–water partition coefficient (Wildman–Crippen LogP) is 10.5. The highest BCUT2D eigenvalue weighted by molar-refractivity contribution is 5.99. The van der Waals surface area contributed by atoms with Crippen molar-refractivity contribution in [2.24, 2.45) is 0 Å². The van der Waals surface area contributed by atoms with E-state index in [0.29, 0.717) is 17.5 Å². The molecule has 0 aliphatic rings. The highest BCUT2D eigenvalue weighted by atomic mass is 15.0. The van der Waals surface area contributed by atoms with Crippen molar-refractivity contribution in [1.29, 1.82) is 0 Å². The van der Waals surface area contributed by atoms with Gasteiger partial charge in [-0.25, -0.2) is 15.0 Å². The van der Waals surface area contributed by atoms with Crippen LogP contribution in [0.2, 0.25) is 0 Å². The lowest BCUT2D eigenvalue weighted by Crippen LogP contribution is -2.01. The lowest BCUT2D eigenvalue weighted by molar-refractivity contribution is 1.08. The van der Waals surface area contributed by atoms with E-state index in [1.54, 1.807) is 0 Å². The van der Waals surface area contributed by atoms with E-state index in [9.17, 15) is 0 Å². The molecule has 0 radical (unpaired) electrons. The normalized spacial score (nSPS) is 11.2. The van der Waals surface area contributed by atoms with Crippen LogP contribution in [0.4, 0.5) is 0 Å². The van der Waals surface area contributed by atoms with Gasteiger partial charge in [0, 0.05) is 16.7 Å². The summed E-state index contributed by atoms with van der Waals surface area (Å²) >= 11 is 0. The Bertz CT molecular complexity index is 2260. The first-order valence-electron chi connectivity index (χ1n) is 14.8. The summed E-state index contributed by atoms with van der Waals surface area (Å²) in [5, 5.41) is 4.66. The average Bonchev–Trinajstić information content (AvgIpc) is 3.11. The van der Waals surface area contributed by atoms with Crippen LogP contribution in [0.15, 0.2) is 164 Å². The van der Waals surface area contributed by atoms with Gasteiger partial charge in [0.2, 0.25) is 0 Å².